The number of aromatic nitrogens is 1. The van der Waals surface area contributed by atoms with Crippen LogP contribution in [0.15, 0.2) is 36.7 Å². The van der Waals surface area contributed by atoms with Gasteiger partial charge >= 0.3 is 0 Å². The van der Waals surface area contributed by atoms with Crippen molar-refractivity contribution in [3.05, 3.63) is 42.2 Å². The topological polar surface area (TPSA) is 55.1 Å². The molecule has 0 atom stereocenters. The largest absolute Gasteiger partial charge is 0.493 e. The molecule has 0 aliphatic carbocycles. The smallest absolute Gasteiger partial charge is 0.168 e. The number of hydrogen-bond acceptors (Lipinski definition) is 4. The third-order valence-corrected chi connectivity index (χ3v) is 2.60. The molecule has 4 nitrogen and oxygen atoms in total. The molecule has 2 aromatic rings. The second kappa shape index (κ2) is 5.19. The molecule has 0 radical (unpaired) electrons. The zero-order chi connectivity index (χ0) is 13.0. The summed E-state index contributed by atoms with van der Waals surface area (Å²) >= 11 is 0. The van der Waals surface area contributed by atoms with Gasteiger partial charge in [0.15, 0.2) is 11.5 Å². The van der Waals surface area contributed by atoms with Gasteiger partial charge in [0, 0.05) is 24.0 Å². The first-order chi connectivity index (χ1) is 8.80. The average molecular weight is 240 g/mol. The van der Waals surface area contributed by atoms with Crippen molar-refractivity contribution in [2.24, 2.45) is 0 Å². The van der Waals surface area contributed by atoms with Crippen LogP contribution >= 0.6 is 0 Å². The Morgan fingerprint density at radius 1 is 1.11 bits per heavy atom. The zero-order valence-corrected chi connectivity index (χ0v) is 10.2. The van der Waals surface area contributed by atoms with Gasteiger partial charge in [0.05, 0.1) is 25.9 Å². The van der Waals surface area contributed by atoms with Crippen molar-refractivity contribution in [2.45, 2.75) is 0 Å². The van der Waals surface area contributed by atoms with E-state index < -0.39 is 0 Å². The first-order valence-electron chi connectivity index (χ1n) is 5.36. The van der Waals surface area contributed by atoms with Crippen LogP contribution in [0.5, 0.6) is 11.5 Å². The summed E-state index contributed by atoms with van der Waals surface area (Å²) in [5.74, 6) is 1.16. The lowest BCUT2D eigenvalue weighted by molar-refractivity contribution is 0.356. The van der Waals surface area contributed by atoms with E-state index in [9.17, 15) is 0 Å². The molecule has 1 heterocycles. The molecule has 4 heteroatoms. The minimum Gasteiger partial charge on any atom is -0.493 e. The third kappa shape index (κ3) is 2.11. The lowest BCUT2D eigenvalue weighted by Gasteiger charge is -2.13. The molecule has 0 spiro atoms. The molecule has 1 aromatic carbocycles. The molecule has 0 aliphatic rings. The summed E-state index contributed by atoms with van der Waals surface area (Å²) in [6.45, 7) is 0. The molecule has 2 rings (SSSR count). The number of benzene rings is 1. The predicted octanol–water partition coefficient (Wildman–Crippen LogP) is 2.64. The molecule has 0 bridgehead atoms. The molecule has 0 amide bonds. The van der Waals surface area contributed by atoms with Gasteiger partial charge in [-0.15, -0.1) is 0 Å². The molecule has 0 fully saturated rings. The maximum absolute atomic E-state index is 9.03. The number of pyridine rings is 1. The van der Waals surface area contributed by atoms with E-state index in [0.717, 1.165) is 11.1 Å². The number of ether oxygens (including phenoxy) is 2. The predicted molar refractivity (Wildman–Crippen MR) is 67.5 cm³/mol. The van der Waals surface area contributed by atoms with Gasteiger partial charge in [-0.1, -0.05) is 0 Å². The highest BCUT2D eigenvalue weighted by Gasteiger charge is 2.13. The maximum Gasteiger partial charge on any atom is 0.168 e. The summed E-state index contributed by atoms with van der Waals surface area (Å²) in [6.07, 6.45) is 3.39. The number of nitrogens with zero attached hydrogens (tertiary/aromatic N) is 2. The van der Waals surface area contributed by atoms with Crippen molar-refractivity contribution in [1.29, 1.82) is 5.26 Å². The lowest BCUT2D eigenvalue weighted by Crippen LogP contribution is -1.95. The van der Waals surface area contributed by atoms with E-state index in [1.807, 2.05) is 12.1 Å². The van der Waals surface area contributed by atoms with E-state index in [0.29, 0.717) is 17.1 Å². The Morgan fingerprint density at radius 2 is 1.83 bits per heavy atom. The van der Waals surface area contributed by atoms with Crippen LogP contribution in [-0.4, -0.2) is 19.2 Å². The van der Waals surface area contributed by atoms with Crippen LogP contribution in [0, 0.1) is 11.3 Å². The summed E-state index contributed by atoms with van der Waals surface area (Å²) in [7, 11) is 3.13. The van der Waals surface area contributed by atoms with Gasteiger partial charge in [-0.3, -0.25) is 4.98 Å². The van der Waals surface area contributed by atoms with Crippen molar-refractivity contribution in [3.8, 4) is 28.7 Å². The van der Waals surface area contributed by atoms with Crippen molar-refractivity contribution in [3.63, 3.8) is 0 Å². The fraction of sp³-hybridized carbons (Fsp3) is 0.143. The van der Waals surface area contributed by atoms with Crippen LogP contribution in [0.1, 0.15) is 5.56 Å². The van der Waals surface area contributed by atoms with E-state index in [1.54, 1.807) is 38.7 Å². The quantitative estimate of drug-likeness (QED) is 0.827. The van der Waals surface area contributed by atoms with E-state index in [-0.39, 0.29) is 0 Å². The van der Waals surface area contributed by atoms with Crippen LogP contribution in [0.2, 0.25) is 0 Å². The number of methoxy groups -OCH3 is 2. The molecule has 0 saturated heterocycles. The first kappa shape index (κ1) is 11.9. The van der Waals surface area contributed by atoms with Crippen LogP contribution in [0.25, 0.3) is 11.1 Å². The van der Waals surface area contributed by atoms with Crippen LogP contribution in [0.4, 0.5) is 0 Å². The summed E-state index contributed by atoms with van der Waals surface area (Å²) in [5.41, 5.74) is 2.27. The lowest BCUT2D eigenvalue weighted by atomic mass is 10.0. The molecule has 1 aromatic heterocycles. The fourth-order valence-corrected chi connectivity index (χ4v) is 1.77. The molecule has 0 aliphatic heterocycles. The molecule has 18 heavy (non-hydrogen) atoms. The Morgan fingerprint density at radius 3 is 2.39 bits per heavy atom. The summed E-state index contributed by atoms with van der Waals surface area (Å²) in [4.78, 5) is 3.97. The Labute approximate surface area is 105 Å². The molecule has 0 N–H and O–H groups in total. The highest BCUT2D eigenvalue weighted by atomic mass is 16.5. The monoisotopic (exact) mass is 240 g/mol. The summed E-state index contributed by atoms with van der Waals surface area (Å²) in [5, 5.41) is 9.03. The summed E-state index contributed by atoms with van der Waals surface area (Å²) < 4.78 is 10.6. The minimum absolute atomic E-state index is 0.527. The van der Waals surface area contributed by atoms with E-state index >= 15 is 0 Å². The van der Waals surface area contributed by atoms with Gasteiger partial charge < -0.3 is 9.47 Å². The van der Waals surface area contributed by atoms with Gasteiger partial charge in [0.2, 0.25) is 0 Å². The van der Waals surface area contributed by atoms with E-state index in [2.05, 4.69) is 11.1 Å². The van der Waals surface area contributed by atoms with Gasteiger partial charge in [0.1, 0.15) is 0 Å². The van der Waals surface area contributed by atoms with Crippen LogP contribution < -0.4 is 9.47 Å². The van der Waals surface area contributed by atoms with Crippen LogP contribution in [0.3, 0.4) is 0 Å². The van der Waals surface area contributed by atoms with Gasteiger partial charge in [-0.05, 0) is 23.8 Å². The van der Waals surface area contributed by atoms with Crippen molar-refractivity contribution < 1.29 is 9.47 Å². The Hall–Kier alpha value is -2.54. The minimum atomic E-state index is 0.527. The molecule has 90 valence electrons. The maximum atomic E-state index is 9.03. The van der Waals surface area contributed by atoms with E-state index in [1.165, 1.54) is 0 Å². The van der Waals surface area contributed by atoms with E-state index in [4.69, 9.17) is 14.7 Å². The van der Waals surface area contributed by atoms with Crippen LogP contribution in [-0.2, 0) is 0 Å². The molecular formula is C14H12N2O2. The third-order valence-electron chi connectivity index (χ3n) is 2.60. The molecule has 0 unspecified atom stereocenters. The summed E-state index contributed by atoms with van der Waals surface area (Å²) in [6, 6.07) is 9.26. The van der Waals surface area contributed by atoms with Gasteiger partial charge in [-0.25, -0.2) is 0 Å². The SMILES string of the molecule is COc1cc(C#N)cc(-c2ccncc2)c1OC. The second-order valence-electron chi connectivity index (χ2n) is 3.61. The van der Waals surface area contributed by atoms with Gasteiger partial charge in [-0.2, -0.15) is 5.26 Å². The first-order valence-corrected chi connectivity index (χ1v) is 5.36. The number of hydrogen-bond donors (Lipinski definition) is 0. The number of nitriles is 1. The Kier molecular flexibility index (Phi) is 3.44. The standard InChI is InChI=1S/C14H12N2O2/c1-17-13-8-10(9-15)7-12(14(13)18-2)11-3-5-16-6-4-11/h3-8H,1-2H3. The van der Waals surface area contributed by atoms with Crippen molar-refractivity contribution in [2.75, 3.05) is 14.2 Å². The van der Waals surface area contributed by atoms with Crippen molar-refractivity contribution in [1.82, 2.24) is 4.98 Å². The molecular weight excluding hydrogens is 228 g/mol. The highest BCUT2D eigenvalue weighted by Crippen LogP contribution is 2.38. The highest BCUT2D eigenvalue weighted by molar-refractivity contribution is 5.75. The zero-order valence-electron chi connectivity index (χ0n) is 10.2. The molecule has 0 saturated carbocycles. The fourth-order valence-electron chi connectivity index (χ4n) is 1.77. The Balaban J connectivity index is 2.69. The van der Waals surface area contributed by atoms with Gasteiger partial charge in [0.25, 0.3) is 0 Å². The Bertz CT molecular complexity index is 589. The van der Waals surface area contributed by atoms with Crippen molar-refractivity contribution >= 4 is 0 Å². The number of rotatable bonds is 3. The second-order valence-corrected chi connectivity index (χ2v) is 3.61. The normalized spacial score (nSPS) is 9.61. The average Bonchev–Trinajstić information content (AvgIpc) is 2.46.